The number of imide groups is 1. The quantitative estimate of drug-likeness (QED) is 0.616. The average molecular weight is 380 g/mol. The predicted molar refractivity (Wildman–Crippen MR) is 98.9 cm³/mol. The van der Waals surface area contributed by atoms with Gasteiger partial charge in [0.15, 0.2) is 5.54 Å². The number of rotatable bonds is 3. The van der Waals surface area contributed by atoms with Gasteiger partial charge < -0.3 is 9.84 Å². The first-order valence-corrected chi connectivity index (χ1v) is 8.93. The van der Waals surface area contributed by atoms with Crippen molar-refractivity contribution in [3.63, 3.8) is 0 Å². The first kappa shape index (κ1) is 18.2. The lowest BCUT2D eigenvalue weighted by molar-refractivity contribution is -0.154. The van der Waals surface area contributed by atoms with Crippen LogP contribution in [0.5, 0.6) is 5.75 Å². The van der Waals surface area contributed by atoms with E-state index in [1.165, 1.54) is 26.3 Å². The molecule has 2 aliphatic heterocycles. The van der Waals surface area contributed by atoms with Gasteiger partial charge >= 0.3 is 5.97 Å². The van der Waals surface area contributed by atoms with Crippen LogP contribution >= 0.6 is 0 Å². The van der Waals surface area contributed by atoms with Crippen molar-refractivity contribution in [2.45, 2.75) is 11.6 Å². The van der Waals surface area contributed by atoms with E-state index in [1.54, 1.807) is 36.4 Å². The molecule has 2 saturated heterocycles. The lowest BCUT2D eigenvalue weighted by Crippen LogP contribution is -2.53. The van der Waals surface area contributed by atoms with Gasteiger partial charge in [-0.25, -0.2) is 4.79 Å². The predicted octanol–water partition coefficient (Wildman–Crippen LogP) is 1.34. The number of nitrogens with zero attached hydrogens (tertiary/aromatic N) is 1. The monoisotopic (exact) mass is 380 g/mol. The Morgan fingerprint density at radius 2 is 1.71 bits per heavy atom. The van der Waals surface area contributed by atoms with Gasteiger partial charge in [-0.2, -0.15) is 0 Å². The van der Waals surface area contributed by atoms with Crippen LogP contribution in [-0.2, 0) is 24.7 Å². The summed E-state index contributed by atoms with van der Waals surface area (Å²) in [5.41, 5.74) is -0.221. The second kappa shape index (κ2) is 6.45. The highest BCUT2D eigenvalue weighted by atomic mass is 16.5. The summed E-state index contributed by atoms with van der Waals surface area (Å²) in [6, 6.07) is 14.6. The molecule has 2 amide bonds. The molecule has 2 fully saturated rings. The summed E-state index contributed by atoms with van der Waals surface area (Å²) in [7, 11) is 2.70. The van der Waals surface area contributed by atoms with E-state index in [0.717, 1.165) is 4.90 Å². The van der Waals surface area contributed by atoms with Gasteiger partial charge in [0.1, 0.15) is 5.75 Å². The van der Waals surface area contributed by atoms with E-state index in [1.807, 2.05) is 6.07 Å². The summed E-state index contributed by atoms with van der Waals surface area (Å²) in [5, 5.41) is 12.9. The van der Waals surface area contributed by atoms with Crippen molar-refractivity contribution >= 4 is 17.8 Å². The molecule has 144 valence electrons. The molecule has 7 heteroatoms. The number of nitrogens with one attached hydrogen (secondary N) is 1. The van der Waals surface area contributed by atoms with Crippen LogP contribution < -0.4 is 5.32 Å². The van der Waals surface area contributed by atoms with Crippen LogP contribution in [0.25, 0.3) is 0 Å². The van der Waals surface area contributed by atoms with Gasteiger partial charge in [-0.1, -0.05) is 42.5 Å². The van der Waals surface area contributed by atoms with Crippen LogP contribution in [0.2, 0.25) is 0 Å². The van der Waals surface area contributed by atoms with Crippen LogP contribution in [0, 0.1) is 11.8 Å². The summed E-state index contributed by atoms with van der Waals surface area (Å²) in [4.78, 5) is 40.1. The molecule has 2 aromatic rings. The van der Waals surface area contributed by atoms with Crippen LogP contribution in [0.3, 0.4) is 0 Å². The molecule has 0 bridgehead atoms. The summed E-state index contributed by atoms with van der Waals surface area (Å²) in [6.07, 6.45) is 0. The molecule has 28 heavy (non-hydrogen) atoms. The fourth-order valence-electron chi connectivity index (χ4n) is 4.45. The lowest BCUT2D eigenvalue weighted by Gasteiger charge is -2.32. The topological polar surface area (TPSA) is 95.9 Å². The fourth-order valence-corrected chi connectivity index (χ4v) is 4.45. The molecule has 0 spiro atoms. The Hall–Kier alpha value is -3.19. The summed E-state index contributed by atoms with van der Waals surface area (Å²) in [6.45, 7) is 0. The Labute approximate surface area is 161 Å². The fraction of sp³-hybridized carbons (Fsp3) is 0.286. The number of hydrogen-bond donors (Lipinski definition) is 2. The zero-order valence-electron chi connectivity index (χ0n) is 15.5. The second-order valence-electron chi connectivity index (χ2n) is 7.12. The number of benzene rings is 2. The zero-order chi connectivity index (χ0) is 20.1. The van der Waals surface area contributed by atoms with Gasteiger partial charge in [0.25, 0.3) is 0 Å². The van der Waals surface area contributed by atoms with Crippen molar-refractivity contribution in [2.24, 2.45) is 11.8 Å². The SMILES string of the molecule is COC(=O)[C@]1(c2ccccc2)N[C@H](c2ccc(O)cc2)[C@H]2C(=O)N(C)C(=O)[C@H]21. The smallest absolute Gasteiger partial charge is 0.331 e. The van der Waals surface area contributed by atoms with E-state index in [9.17, 15) is 19.5 Å². The highest BCUT2D eigenvalue weighted by molar-refractivity contribution is 6.09. The third-order valence-corrected chi connectivity index (χ3v) is 5.77. The van der Waals surface area contributed by atoms with Gasteiger partial charge in [0, 0.05) is 13.1 Å². The van der Waals surface area contributed by atoms with Crippen molar-refractivity contribution in [3.8, 4) is 5.75 Å². The number of hydrogen-bond acceptors (Lipinski definition) is 6. The molecule has 4 rings (SSSR count). The first-order valence-electron chi connectivity index (χ1n) is 8.93. The van der Waals surface area contributed by atoms with E-state index in [0.29, 0.717) is 11.1 Å². The molecule has 2 heterocycles. The molecule has 2 aromatic carbocycles. The number of likely N-dealkylation sites (tertiary alicyclic amines) is 1. The normalized spacial score (nSPS) is 29.1. The maximum atomic E-state index is 13.1. The minimum Gasteiger partial charge on any atom is -0.508 e. The third kappa shape index (κ3) is 2.36. The molecule has 0 aromatic heterocycles. The molecule has 7 nitrogen and oxygen atoms in total. The van der Waals surface area contributed by atoms with E-state index in [-0.39, 0.29) is 11.7 Å². The second-order valence-corrected chi connectivity index (χ2v) is 7.12. The summed E-state index contributed by atoms with van der Waals surface area (Å²) < 4.78 is 5.10. The summed E-state index contributed by atoms with van der Waals surface area (Å²) in [5.74, 6) is -2.99. The van der Waals surface area contributed by atoms with Gasteiger partial charge in [0.2, 0.25) is 11.8 Å². The number of aromatic hydroxyl groups is 1. The van der Waals surface area contributed by atoms with Gasteiger partial charge in [-0.05, 0) is 23.3 Å². The number of esters is 1. The highest BCUT2D eigenvalue weighted by Crippen LogP contribution is 2.53. The number of phenols is 1. The number of carbonyl (C=O) groups is 3. The molecular formula is C21H20N2O5. The number of methoxy groups -OCH3 is 1. The third-order valence-electron chi connectivity index (χ3n) is 5.77. The Morgan fingerprint density at radius 3 is 2.32 bits per heavy atom. The molecule has 0 aliphatic carbocycles. The van der Waals surface area contributed by atoms with E-state index in [4.69, 9.17) is 4.74 Å². The molecule has 0 saturated carbocycles. The number of amides is 2. The molecule has 0 unspecified atom stereocenters. The van der Waals surface area contributed by atoms with Crippen LogP contribution in [0.4, 0.5) is 0 Å². The van der Waals surface area contributed by atoms with Crippen molar-refractivity contribution in [1.29, 1.82) is 0 Å². The van der Waals surface area contributed by atoms with Crippen molar-refractivity contribution < 1.29 is 24.2 Å². The summed E-state index contributed by atoms with van der Waals surface area (Å²) >= 11 is 0. The van der Waals surface area contributed by atoms with Gasteiger partial charge in [-0.15, -0.1) is 0 Å². The molecule has 4 atom stereocenters. The Kier molecular flexibility index (Phi) is 4.19. The first-order chi connectivity index (χ1) is 13.4. The highest BCUT2D eigenvalue weighted by Gasteiger charge is 2.68. The number of phenolic OH excluding ortho intramolecular Hbond substituents is 1. The minimum absolute atomic E-state index is 0.0894. The maximum Gasteiger partial charge on any atom is 0.331 e. The van der Waals surface area contributed by atoms with Crippen molar-refractivity contribution in [3.05, 3.63) is 65.7 Å². The molecule has 2 aliphatic rings. The van der Waals surface area contributed by atoms with Crippen molar-refractivity contribution in [1.82, 2.24) is 10.2 Å². The van der Waals surface area contributed by atoms with E-state index < -0.39 is 35.3 Å². The van der Waals surface area contributed by atoms with Gasteiger partial charge in [0.05, 0.1) is 18.9 Å². The van der Waals surface area contributed by atoms with Crippen LogP contribution in [-0.4, -0.2) is 41.9 Å². The van der Waals surface area contributed by atoms with Crippen LogP contribution in [0.1, 0.15) is 17.2 Å². The molecular weight excluding hydrogens is 360 g/mol. The number of fused-ring (bicyclic) bond motifs is 1. The maximum absolute atomic E-state index is 13.1. The van der Waals surface area contributed by atoms with E-state index in [2.05, 4.69) is 5.32 Å². The van der Waals surface area contributed by atoms with E-state index >= 15 is 0 Å². The molecule has 2 N–H and O–H groups in total. The van der Waals surface area contributed by atoms with Crippen LogP contribution in [0.15, 0.2) is 54.6 Å². The minimum atomic E-state index is -1.49. The largest absolute Gasteiger partial charge is 0.508 e. The Bertz CT molecular complexity index is 943. The number of carbonyl (C=O) groups excluding carboxylic acids is 3. The molecule has 0 radical (unpaired) electrons. The standard InChI is InChI=1S/C21H20N2O5/c1-23-18(25)15-16(19(23)26)21(20(27)28-2,13-6-4-3-5-7-13)22-17(15)12-8-10-14(24)11-9-12/h3-11,15-17,22,24H,1-2H3/t15-,16-,17+,21+/m0/s1. The Balaban J connectivity index is 1.94. The van der Waals surface area contributed by atoms with Crippen molar-refractivity contribution in [2.75, 3.05) is 14.2 Å². The average Bonchev–Trinajstić information content (AvgIpc) is 3.19. The number of ether oxygens (including phenoxy) is 1. The lowest BCUT2D eigenvalue weighted by atomic mass is 9.75. The zero-order valence-corrected chi connectivity index (χ0v) is 15.5. The van der Waals surface area contributed by atoms with Gasteiger partial charge in [-0.3, -0.25) is 19.8 Å². The Morgan fingerprint density at radius 1 is 1.07 bits per heavy atom.